The number of hydrazone groups is 1. The van der Waals surface area contributed by atoms with Crippen molar-refractivity contribution in [3.8, 4) is 17.6 Å². The average Bonchev–Trinajstić information content (AvgIpc) is 2.55. The smallest absolute Gasteiger partial charge is 0.174 e. The summed E-state index contributed by atoms with van der Waals surface area (Å²) in [6.45, 7) is -0.0566. The van der Waals surface area contributed by atoms with Crippen LogP contribution < -0.4 is 14.9 Å². The molecular weight excluding hydrogens is 373 g/mol. The predicted molar refractivity (Wildman–Crippen MR) is 96.8 cm³/mol. The van der Waals surface area contributed by atoms with Gasteiger partial charge < -0.3 is 9.47 Å². The SMILES string of the molecule is COc1cc(/C=N\Nc2c(Cl)cc(Cl)cc2Cl)ccc1OCC#N. The maximum absolute atomic E-state index is 8.56. The van der Waals surface area contributed by atoms with E-state index in [-0.39, 0.29) is 6.61 Å². The van der Waals surface area contributed by atoms with Crippen molar-refractivity contribution in [3.63, 3.8) is 0 Å². The van der Waals surface area contributed by atoms with Crippen LogP contribution in [-0.2, 0) is 0 Å². The molecule has 0 saturated carbocycles. The molecule has 0 aliphatic heterocycles. The monoisotopic (exact) mass is 383 g/mol. The Morgan fingerprint density at radius 2 is 1.88 bits per heavy atom. The van der Waals surface area contributed by atoms with Crippen LogP contribution in [0.3, 0.4) is 0 Å². The van der Waals surface area contributed by atoms with E-state index in [9.17, 15) is 0 Å². The highest BCUT2D eigenvalue weighted by Gasteiger charge is 2.07. The minimum absolute atomic E-state index is 0.0566. The summed E-state index contributed by atoms with van der Waals surface area (Å²) in [4.78, 5) is 0. The molecule has 2 aromatic rings. The topological polar surface area (TPSA) is 66.6 Å². The Balaban J connectivity index is 2.14. The molecule has 0 aromatic heterocycles. The van der Waals surface area contributed by atoms with Crippen LogP contribution in [0.4, 0.5) is 5.69 Å². The standard InChI is InChI=1S/C16H12Cl3N3O2/c1-23-15-6-10(2-3-14(15)24-5-4-20)9-21-22-16-12(18)7-11(17)8-13(16)19/h2-3,6-9,22H,5H2,1H3/b21-9-. The molecule has 0 fully saturated rings. The molecule has 0 atom stereocenters. The zero-order valence-corrected chi connectivity index (χ0v) is 14.8. The first kappa shape index (κ1) is 18.2. The quantitative estimate of drug-likeness (QED) is 0.562. The first-order valence-electron chi connectivity index (χ1n) is 6.66. The molecule has 0 aliphatic rings. The van der Waals surface area contributed by atoms with Crippen LogP contribution >= 0.6 is 34.8 Å². The van der Waals surface area contributed by atoms with Crippen LogP contribution in [0.25, 0.3) is 0 Å². The van der Waals surface area contributed by atoms with Crippen LogP contribution in [-0.4, -0.2) is 19.9 Å². The molecule has 0 aliphatic carbocycles. The summed E-state index contributed by atoms with van der Waals surface area (Å²) < 4.78 is 10.5. The number of nitriles is 1. The molecule has 124 valence electrons. The van der Waals surface area contributed by atoms with Gasteiger partial charge in [-0.05, 0) is 35.9 Å². The molecule has 2 aromatic carbocycles. The van der Waals surface area contributed by atoms with Crippen LogP contribution in [0.2, 0.25) is 15.1 Å². The van der Waals surface area contributed by atoms with Crippen molar-refractivity contribution in [1.29, 1.82) is 5.26 Å². The number of benzene rings is 2. The van der Waals surface area contributed by atoms with Crippen molar-refractivity contribution in [2.24, 2.45) is 5.10 Å². The van der Waals surface area contributed by atoms with E-state index in [1.165, 1.54) is 7.11 Å². The largest absolute Gasteiger partial charge is 0.493 e. The fourth-order valence-corrected chi connectivity index (χ4v) is 2.72. The highest BCUT2D eigenvalue weighted by Crippen LogP contribution is 2.33. The number of rotatable bonds is 6. The van der Waals surface area contributed by atoms with Gasteiger partial charge in [-0.1, -0.05) is 34.8 Å². The third kappa shape index (κ3) is 4.68. The van der Waals surface area contributed by atoms with Gasteiger partial charge in [0, 0.05) is 5.02 Å². The van der Waals surface area contributed by atoms with Gasteiger partial charge in [0.15, 0.2) is 18.1 Å². The molecule has 0 saturated heterocycles. The van der Waals surface area contributed by atoms with E-state index in [4.69, 9.17) is 49.5 Å². The number of ether oxygens (including phenoxy) is 2. The van der Waals surface area contributed by atoms with Gasteiger partial charge in [0.25, 0.3) is 0 Å². The van der Waals surface area contributed by atoms with E-state index in [0.29, 0.717) is 32.3 Å². The zero-order chi connectivity index (χ0) is 17.5. The maximum Gasteiger partial charge on any atom is 0.174 e. The van der Waals surface area contributed by atoms with E-state index >= 15 is 0 Å². The molecule has 0 unspecified atom stereocenters. The van der Waals surface area contributed by atoms with Crippen molar-refractivity contribution >= 4 is 46.7 Å². The third-order valence-corrected chi connectivity index (χ3v) is 3.69. The van der Waals surface area contributed by atoms with E-state index in [1.54, 1.807) is 36.5 Å². The lowest BCUT2D eigenvalue weighted by molar-refractivity contribution is 0.329. The summed E-state index contributed by atoms with van der Waals surface area (Å²) in [7, 11) is 1.51. The van der Waals surface area contributed by atoms with E-state index < -0.39 is 0 Å². The normalized spacial score (nSPS) is 10.5. The fourth-order valence-electron chi connectivity index (χ4n) is 1.81. The van der Waals surface area contributed by atoms with Gasteiger partial charge >= 0.3 is 0 Å². The molecule has 0 heterocycles. The molecule has 2 rings (SSSR count). The summed E-state index contributed by atoms with van der Waals surface area (Å²) >= 11 is 18.0. The molecular formula is C16H12Cl3N3O2. The number of hydrogen-bond acceptors (Lipinski definition) is 5. The number of halogens is 3. The second-order valence-electron chi connectivity index (χ2n) is 4.47. The molecule has 0 bridgehead atoms. The summed E-state index contributed by atoms with van der Waals surface area (Å²) in [5, 5.41) is 13.8. The maximum atomic E-state index is 8.56. The Kier molecular flexibility index (Phi) is 6.56. The van der Waals surface area contributed by atoms with Gasteiger partial charge in [-0.3, -0.25) is 5.43 Å². The Morgan fingerprint density at radius 3 is 2.50 bits per heavy atom. The summed E-state index contributed by atoms with van der Waals surface area (Å²) in [5.41, 5.74) is 3.99. The fraction of sp³-hybridized carbons (Fsp3) is 0.125. The molecule has 0 amide bonds. The number of anilines is 1. The first-order chi connectivity index (χ1) is 11.5. The van der Waals surface area contributed by atoms with E-state index in [1.807, 2.05) is 6.07 Å². The van der Waals surface area contributed by atoms with Crippen molar-refractivity contribution in [2.45, 2.75) is 0 Å². The Labute approximate surface area is 154 Å². The minimum atomic E-state index is -0.0566. The van der Waals surface area contributed by atoms with Gasteiger partial charge in [-0.2, -0.15) is 10.4 Å². The van der Waals surface area contributed by atoms with Gasteiger partial charge in [0.1, 0.15) is 6.07 Å². The lowest BCUT2D eigenvalue weighted by atomic mass is 10.2. The first-order valence-corrected chi connectivity index (χ1v) is 7.80. The lowest BCUT2D eigenvalue weighted by Gasteiger charge is -2.09. The van der Waals surface area contributed by atoms with Crippen molar-refractivity contribution in [3.05, 3.63) is 51.0 Å². The highest BCUT2D eigenvalue weighted by molar-refractivity contribution is 6.41. The van der Waals surface area contributed by atoms with E-state index in [2.05, 4.69) is 10.5 Å². The molecule has 5 nitrogen and oxygen atoms in total. The van der Waals surface area contributed by atoms with E-state index in [0.717, 1.165) is 5.56 Å². The Hall–Kier alpha value is -2.13. The number of hydrogen-bond donors (Lipinski definition) is 1. The third-order valence-electron chi connectivity index (χ3n) is 2.88. The van der Waals surface area contributed by atoms with Crippen LogP contribution in [0, 0.1) is 11.3 Å². The van der Waals surface area contributed by atoms with Crippen molar-refractivity contribution in [2.75, 3.05) is 19.1 Å². The second kappa shape index (κ2) is 8.65. The molecule has 0 radical (unpaired) electrons. The zero-order valence-electron chi connectivity index (χ0n) is 12.5. The van der Waals surface area contributed by atoms with Gasteiger partial charge in [0.2, 0.25) is 0 Å². The van der Waals surface area contributed by atoms with Gasteiger partial charge in [-0.25, -0.2) is 0 Å². The average molecular weight is 385 g/mol. The number of nitrogens with one attached hydrogen (secondary N) is 1. The Morgan fingerprint density at radius 1 is 1.17 bits per heavy atom. The molecule has 24 heavy (non-hydrogen) atoms. The van der Waals surface area contributed by atoms with Crippen LogP contribution in [0.5, 0.6) is 11.5 Å². The summed E-state index contributed by atoms with van der Waals surface area (Å²) in [6.07, 6.45) is 1.57. The number of nitrogens with zero attached hydrogens (tertiary/aromatic N) is 2. The summed E-state index contributed by atoms with van der Waals surface area (Å²) in [5.74, 6) is 0.977. The predicted octanol–water partition coefficient (Wildman–Crippen LogP) is 5.00. The highest BCUT2D eigenvalue weighted by atomic mass is 35.5. The molecule has 8 heteroatoms. The minimum Gasteiger partial charge on any atom is -0.493 e. The number of methoxy groups -OCH3 is 1. The molecule has 1 N–H and O–H groups in total. The lowest BCUT2D eigenvalue weighted by Crippen LogP contribution is -1.98. The van der Waals surface area contributed by atoms with Crippen LogP contribution in [0.15, 0.2) is 35.4 Å². The van der Waals surface area contributed by atoms with Gasteiger partial charge in [0.05, 0.1) is 29.1 Å². The van der Waals surface area contributed by atoms with Gasteiger partial charge in [-0.15, -0.1) is 0 Å². The van der Waals surface area contributed by atoms with Crippen LogP contribution in [0.1, 0.15) is 5.56 Å². The molecule has 0 spiro atoms. The second-order valence-corrected chi connectivity index (χ2v) is 5.72. The Bertz CT molecular complexity index is 781. The summed E-state index contributed by atoms with van der Waals surface area (Å²) in [6, 6.07) is 10.2. The van der Waals surface area contributed by atoms with Crippen molar-refractivity contribution < 1.29 is 9.47 Å². The van der Waals surface area contributed by atoms with Crippen molar-refractivity contribution in [1.82, 2.24) is 0 Å².